The molecular formula is C17H34N2. The lowest BCUT2D eigenvalue weighted by Crippen LogP contribution is -2.48. The number of likely N-dealkylation sites (tertiary alicyclic amines) is 1. The average molecular weight is 266 g/mol. The van der Waals surface area contributed by atoms with Crippen molar-refractivity contribution in [2.45, 2.75) is 59.4 Å². The molecule has 2 heteroatoms. The molecule has 1 N–H and O–H groups in total. The smallest absolute Gasteiger partial charge is 0.0108 e. The molecule has 0 aromatic carbocycles. The third-order valence-electron chi connectivity index (χ3n) is 5.62. The maximum Gasteiger partial charge on any atom is 0.0108 e. The zero-order valence-corrected chi connectivity index (χ0v) is 13.5. The third kappa shape index (κ3) is 4.19. The summed E-state index contributed by atoms with van der Waals surface area (Å²) in [4.78, 5) is 2.75. The second-order valence-corrected chi connectivity index (χ2v) is 7.35. The molecule has 19 heavy (non-hydrogen) atoms. The van der Waals surface area contributed by atoms with Gasteiger partial charge in [0.05, 0.1) is 0 Å². The van der Waals surface area contributed by atoms with Gasteiger partial charge in [-0.25, -0.2) is 0 Å². The Balaban J connectivity index is 1.87. The van der Waals surface area contributed by atoms with Crippen LogP contribution in [0, 0.1) is 23.7 Å². The first-order valence-corrected chi connectivity index (χ1v) is 8.55. The van der Waals surface area contributed by atoms with Crippen molar-refractivity contribution in [2.24, 2.45) is 23.7 Å². The fraction of sp³-hybridized carbons (Fsp3) is 1.00. The van der Waals surface area contributed by atoms with Crippen LogP contribution in [0.25, 0.3) is 0 Å². The van der Waals surface area contributed by atoms with Crippen LogP contribution in [0.5, 0.6) is 0 Å². The molecule has 1 saturated heterocycles. The van der Waals surface area contributed by atoms with Gasteiger partial charge in [-0.2, -0.15) is 0 Å². The van der Waals surface area contributed by atoms with E-state index in [1.165, 1.54) is 45.3 Å². The zero-order chi connectivity index (χ0) is 13.8. The van der Waals surface area contributed by atoms with Crippen LogP contribution in [-0.2, 0) is 0 Å². The van der Waals surface area contributed by atoms with E-state index in [-0.39, 0.29) is 0 Å². The fourth-order valence-corrected chi connectivity index (χ4v) is 4.08. The third-order valence-corrected chi connectivity index (χ3v) is 5.62. The molecule has 0 spiro atoms. The summed E-state index contributed by atoms with van der Waals surface area (Å²) in [6.45, 7) is 14.7. The van der Waals surface area contributed by atoms with Gasteiger partial charge >= 0.3 is 0 Å². The summed E-state index contributed by atoms with van der Waals surface area (Å²) in [5.74, 6) is 3.61. The first kappa shape index (κ1) is 15.3. The Bertz CT molecular complexity index is 266. The molecule has 2 nitrogen and oxygen atoms in total. The van der Waals surface area contributed by atoms with Gasteiger partial charge in [-0.3, -0.25) is 0 Å². The van der Waals surface area contributed by atoms with Crippen molar-refractivity contribution in [2.75, 3.05) is 26.2 Å². The summed E-state index contributed by atoms with van der Waals surface area (Å²) < 4.78 is 0. The van der Waals surface area contributed by atoms with Crippen molar-refractivity contribution in [1.29, 1.82) is 0 Å². The topological polar surface area (TPSA) is 15.3 Å². The number of nitrogens with one attached hydrogen (secondary N) is 1. The predicted molar refractivity (Wildman–Crippen MR) is 83.4 cm³/mol. The molecule has 1 aliphatic heterocycles. The normalized spacial score (nSPS) is 41.4. The minimum atomic E-state index is 0.774. The van der Waals surface area contributed by atoms with Gasteiger partial charge in [0.1, 0.15) is 0 Å². The van der Waals surface area contributed by atoms with Crippen molar-refractivity contribution in [3.63, 3.8) is 0 Å². The summed E-state index contributed by atoms with van der Waals surface area (Å²) in [6.07, 6.45) is 5.63. The van der Waals surface area contributed by atoms with E-state index >= 15 is 0 Å². The van der Waals surface area contributed by atoms with Gasteiger partial charge in [0.15, 0.2) is 0 Å². The molecule has 112 valence electrons. The standard InChI is InChI=1S/C17H34N2/c1-5-18-17-7-6-13(2)10-16(17)12-19-9-8-14(3)15(4)11-19/h13-18H,5-12H2,1-4H3. The van der Waals surface area contributed by atoms with Crippen LogP contribution in [0.3, 0.4) is 0 Å². The molecule has 1 aliphatic carbocycles. The molecule has 1 heterocycles. The largest absolute Gasteiger partial charge is 0.314 e. The molecule has 1 saturated carbocycles. The maximum absolute atomic E-state index is 3.74. The van der Waals surface area contributed by atoms with Gasteiger partial charge in [-0.15, -0.1) is 0 Å². The highest BCUT2D eigenvalue weighted by Gasteiger charge is 2.31. The van der Waals surface area contributed by atoms with E-state index in [0.717, 1.165) is 36.3 Å². The Hall–Kier alpha value is -0.0800. The van der Waals surface area contributed by atoms with Crippen LogP contribution in [0.15, 0.2) is 0 Å². The van der Waals surface area contributed by atoms with Crippen molar-refractivity contribution in [3.8, 4) is 0 Å². The minimum absolute atomic E-state index is 0.774. The lowest BCUT2D eigenvalue weighted by molar-refractivity contribution is 0.0903. The molecule has 0 radical (unpaired) electrons. The molecule has 0 amide bonds. The van der Waals surface area contributed by atoms with Gasteiger partial charge in [0.2, 0.25) is 0 Å². The molecule has 5 unspecified atom stereocenters. The van der Waals surface area contributed by atoms with Crippen LogP contribution in [0.1, 0.15) is 53.4 Å². The van der Waals surface area contributed by atoms with E-state index < -0.39 is 0 Å². The van der Waals surface area contributed by atoms with E-state index in [1.807, 2.05) is 0 Å². The summed E-state index contributed by atoms with van der Waals surface area (Å²) in [5, 5.41) is 3.74. The molecule has 0 aromatic heterocycles. The number of piperidine rings is 1. The molecule has 5 atom stereocenters. The Morgan fingerprint density at radius 2 is 1.84 bits per heavy atom. The first-order chi connectivity index (χ1) is 9.10. The van der Waals surface area contributed by atoms with Gasteiger partial charge in [0.25, 0.3) is 0 Å². The molecule has 2 aliphatic rings. The van der Waals surface area contributed by atoms with Crippen molar-refractivity contribution in [3.05, 3.63) is 0 Å². The zero-order valence-electron chi connectivity index (χ0n) is 13.5. The molecule has 0 bridgehead atoms. The Kier molecular flexibility index (Phi) is 5.70. The lowest BCUT2D eigenvalue weighted by atomic mass is 9.78. The second-order valence-electron chi connectivity index (χ2n) is 7.35. The van der Waals surface area contributed by atoms with Crippen molar-refractivity contribution >= 4 is 0 Å². The minimum Gasteiger partial charge on any atom is -0.314 e. The molecule has 2 rings (SSSR count). The van der Waals surface area contributed by atoms with Gasteiger partial charge in [-0.1, -0.05) is 27.7 Å². The quantitative estimate of drug-likeness (QED) is 0.839. The molecule has 2 fully saturated rings. The van der Waals surface area contributed by atoms with Crippen LogP contribution < -0.4 is 5.32 Å². The highest BCUT2D eigenvalue weighted by molar-refractivity contribution is 4.87. The van der Waals surface area contributed by atoms with E-state index in [9.17, 15) is 0 Å². The maximum atomic E-state index is 3.74. The SMILES string of the molecule is CCNC1CCC(C)CC1CN1CCC(C)C(C)C1. The van der Waals surface area contributed by atoms with Crippen LogP contribution in [0.4, 0.5) is 0 Å². The van der Waals surface area contributed by atoms with Crippen LogP contribution in [0.2, 0.25) is 0 Å². The van der Waals surface area contributed by atoms with Gasteiger partial charge in [-0.05, 0) is 62.4 Å². The monoisotopic (exact) mass is 266 g/mol. The highest BCUT2D eigenvalue weighted by atomic mass is 15.1. The molecule has 0 aromatic rings. The Morgan fingerprint density at radius 1 is 1.05 bits per heavy atom. The Morgan fingerprint density at radius 3 is 2.53 bits per heavy atom. The highest BCUT2D eigenvalue weighted by Crippen LogP contribution is 2.31. The van der Waals surface area contributed by atoms with E-state index in [4.69, 9.17) is 0 Å². The van der Waals surface area contributed by atoms with Crippen LogP contribution in [-0.4, -0.2) is 37.1 Å². The number of hydrogen-bond donors (Lipinski definition) is 1. The predicted octanol–water partition coefficient (Wildman–Crippen LogP) is 3.38. The van der Waals surface area contributed by atoms with Crippen molar-refractivity contribution in [1.82, 2.24) is 10.2 Å². The lowest BCUT2D eigenvalue weighted by Gasteiger charge is -2.42. The van der Waals surface area contributed by atoms with Crippen LogP contribution >= 0.6 is 0 Å². The number of hydrogen-bond acceptors (Lipinski definition) is 2. The fourth-order valence-electron chi connectivity index (χ4n) is 4.08. The number of rotatable bonds is 4. The summed E-state index contributed by atoms with van der Waals surface area (Å²) in [6, 6.07) is 0.774. The first-order valence-electron chi connectivity index (χ1n) is 8.55. The Labute approximate surface area is 120 Å². The van der Waals surface area contributed by atoms with E-state index in [2.05, 4.69) is 37.9 Å². The van der Waals surface area contributed by atoms with Gasteiger partial charge < -0.3 is 10.2 Å². The number of nitrogens with zero attached hydrogens (tertiary/aromatic N) is 1. The van der Waals surface area contributed by atoms with Crippen molar-refractivity contribution < 1.29 is 0 Å². The molecular weight excluding hydrogens is 232 g/mol. The van der Waals surface area contributed by atoms with E-state index in [0.29, 0.717) is 0 Å². The summed E-state index contributed by atoms with van der Waals surface area (Å²) in [5.41, 5.74) is 0. The average Bonchev–Trinajstić information content (AvgIpc) is 2.37. The van der Waals surface area contributed by atoms with Gasteiger partial charge in [0, 0.05) is 19.1 Å². The summed E-state index contributed by atoms with van der Waals surface area (Å²) in [7, 11) is 0. The summed E-state index contributed by atoms with van der Waals surface area (Å²) >= 11 is 0. The van der Waals surface area contributed by atoms with E-state index in [1.54, 1.807) is 0 Å². The second kappa shape index (κ2) is 7.08.